The maximum absolute atomic E-state index is 5.27. The number of para-hydroxylation sites is 1. The lowest BCUT2D eigenvalue weighted by Crippen LogP contribution is -2.39. The molecule has 2 N–H and O–H groups in total. The molecule has 100 valence electrons. The Bertz CT molecular complexity index is 390. The quantitative estimate of drug-likeness (QED) is 0.818. The van der Waals surface area contributed by atoms with Crippen LogP contribution in [0.5, 0.6) is 0 Å². The molecule has 0 unspecified atom stereocenters. The van der Waals surface area contributed by atoms with E-state index in [0.29, 0.717) is 0 Å². The molecule has 0 bridgehead atoms. The van der Waals surface area contributed by atoms with Crippen molar-refractivity contribution in [2.75, 3.05) is 18.0 Å². The Balaban J connectivity index is 2.19. The van der Waals surface area contributed by atoms with Gasteiger partial charge >= 0.3 is 0 Å². The Hall–Kier alpha value is -1.06. The number of piperidine rings is 1. The standard InChI is InChI=1S/C15H24N2O/c1-15(2,3)13-6-4-5-7-14(13)17-10-8-12(18-16)9-11-17/h4-7,12H,8-11,16H2,1-3H3. The van der Waals surface area contributed by atoms with Crippen LogP contribution in [0, 0.1) is 0 Å². The largest absolute Gasteiger partial charge is 0.371 e. The summed E-state index contributed by atoms with van der Waals surface area (Å²) in [5.41, 5.74) is 2.95. The Morgan fingerprint density at radius 3 is 2.33 bits per heavy atom. The highest BCUT2D eigenvalue weighted by Gasteiger charge is 2.24. The lowest BCUT2D eigenvalue weighted by molar-refractivity contribution is 0.0367. The first kappa shape index (κ1) is 13.4. The van der Waals surface area contributed by atoms with Crippen molar-refractivity contribution in [3.05, 3.63) is 29.8 Å². The van der Waals surface area contributed by atoms with Crippen molar-refractivity contribution in [2.24, 2.45) is 5.90 Å². The molecule has 2 rings (SSSR count). The summed E-state index contributed by atoms with van der Waals surface area (Å²) >= 11 is 0. The molecule has 18 heavy (non-hydrogen) atoms. The van der Waals surface area contributed by atoms with Crippen molar-refractivity contribution in [1.29, 1.82) is 0 Å². The third-order valence-corrected chi connectivity index (χ3v) is 3.69. The third kappa shape index (κ3) is 2.85. The van der Waals surface area contributed by atoms with E-state index in [1.807, 2.05) is 0 Å². The maximum atomic E-state index is 5.27. The van der Waals surface area contributed by atoms with Crippen LogP contribution < -0.4 is 10.8 Å². The fraction of sp³-hybridized carbons (Fsp3) is 0.600. The van der Waals surface area contributed by atoms with Crippen LogP contribution in [0.4, 0.5) is 5.69 Å². The Kier molecular flexibility index (Phi) is 3.93. The molecule has 1 aliphatic rings. The first-order valence-electron chi connectivity index (χ1n) is 6.72. The van der Waals surface area contributed by atoms with Crippen molar-refractivity contribution in [1.82, 2.24) is 0 Å². The summed E-state index contributed by atoms with van der Waals surface area (Å²) in [7, 11) is 0. The van der Waals surface area contributed by atoms with Gasteiger partial charge in [-0.05, 0) is 29.9 Å². The molecule has 3 heteroatoms. The van der Waals surface area contributed by atoms with Crippen molar-refractivity contribution >= 4 is 5.69 Å². The Morgan fingerprint density at radius 1 is 1.17 bits per heavy atom. The number of hydrogen-bond donors (Lipinski definition) is 1. The van der Waals surface area contributed by atoms with Crippen LogP contribution >= 0.6 is 0 Å². The van der Waals surface area contributed by atoms with E-state index in [4.69, 9.17) is 10.7 Å². The average Bonchev–Trinajstić information content (AvgIpc) is 2.38. The SMILES string of the molecule is CC(C)(C)c1ccccc1N1CCC(ON)CC1. The monoisotopic (exact) mass is 248 g/mol. The Morgan fingerprint density at radius 2 is 1.78 bits per heavy atom. The van der Waals surface area contributed by atoms with Gasteiger partial charge in [0.25, 0.3) is 0 Å². The van der Waals surface area contributed by atoms with Gasteiger partial charge in [0.15, 0.2) is 0 Å². The molecular weight excluding hydrogens is 224 g/mol. The van der Waals surface area contributed by atoms with Gasteiger partial charge < -0.3 is 9.74 Å². The zero-order chi connectivity index (χ0) is 13.2. The fourth-order valence-corrected chi connectivity index (χ4v) is 2.62. The summed E-state index contributed by atoms with van der Waals surface area (Å²) in [5, 5.41) is 0. The highest BCUT2D eigenvalue weighted by molar-refractivity contribution is 5.56. The van der Waals surface area contributed by atoms with E-state index in [1.54, 1.807) is 0 Å². The lowest BCUT2D eigenvalue weighted by Gasteiger charge is -2.36. The minimum atomic E-state index is 0.178. The molecule has 0 amide bonds. The van der Waals surface area contributed by atoms with E-state index in [0.717, 1.165) is 25.9 Å². The first-order chi connectivity index (χ1) is 8.52. The van der Waals surface area contributed by atoms with Gasteiger partial charge in [-0.15, -0.1) is 0 Å². The van der Waals surface area contributed by atoms with Crippen molar-refractivity contribution in [3.8, 4) is 0 Å². The highest BCUT2D eigenvalue weighted by atomic mass is 16.6. The molecule has 1 aliphatic heterocycles. The van der Waals surface area contributed by atoms with Crippen molar-refractivity contribution < 1.29 is 4.84 Å². The van der Waals surface area contributed by atoms with Crippen LogP contribution in [0.25, 0.3) is 0 Å². The smallest absolute Gasteiger partial charge is 0.0821 e. The Labute approximate surface area is 110 Å². The van der Waals surface area contributed by atoms with Crippen LogP contribution in [0.15, 0.2) is 24.3 Å². The molecular formula is C15H24N2O. The van der Waals surface area contributed by atoms with Crippen LogP contribution in [0.3, 0.4) is 0 Å². The van der Waals surface area contributed by atoms with Crippen LogP contribution in [-0.4, -0.2) is 19.2 Å². The summed E-state index contributed by atoms with van der Waals surface area (Å²) < 4.78 is 0. The molecule has 0 radical (unpaired) electrons. The predicted octanol–water partition coefficient (Wildman–Crippen LogP) is 2.84. The van der Waals surface area contributed by atoms with Crippen LogP contribution in [0.1, 0.15) is 39.2 Å². The molecule has 1 saturated heterocycles. The van der Waals surface area contributed by atoms with Gasteiger partial charge in [0, 0.05) is 18.8 Å². The van der Waals surface area contributed by atoms with Crippen molar-refractivity contribution in [3.63, 3.8) is 0 Å². The molecule has 0 saturated carbocycles. The van der Waals surface area contributed by atoms with E-state index in [1.165, 1.54) is 11.3 Å². The second-order valence-corrected chi connectivity index (χ2v) is 6.09. The second-order valence-electron chi connectivity index (χ2n) is 6.09. The van der Waals surface area contributed by atoms with Gasteiger partial charge in [-0.25, -0.2) is 5.90 Å². The molecule has 3 nitrogen and oxygen atoms in total. The molecule has 1 fully saturated rings. The number of nitrogens with zero attached hydrogens (tertiary/aromatic N) is 1. The number of benzene rings is 1. The lowest BCUT2D eigenvalue weighted by atomic mass is 9.85. The van der Waals surface area contributed by atoms with E-state index < -0.39 is 0 Å². The second kappa shape index (κ2) is 5.29. The molecule has 0 aliphatic carbocycles. The summed E-state index contributed by atoms with van der Waals surface area (Å²) in [6.45, 7) is 8.84. The zero-order valence-electron chi connectivity index (χ0n) is 11.6. The number of nitrogens with two attached hydrogens (primary N) is 1. The zero-order valence-corrected chi connectivity index (χ0v) is 11.6. The van der Waals surface area contributed by atoms with Crippen LogP contribution in [0.2, 0.25) is 0 Å². The van der Waals surface area contributed by atoms with E-state index >= 15 is 0 Å². The third-order valence-electron chi connectivity index (χ3n) is 3.69. The molecule has 1 aromatic rings. The van der Waals surface area contributed by atoms with Gasteiger partial charge in [0.05, 0.1) is 6.10 Å². The van der Waals surface area contributed by atoms with Gasteiger partial charge in [0.2, 0.25) is 0 Å². The molecule has 0 aromatic heterocycles. The molecule has 1 heterocycles. The number of rotatable bonds is 2. The minimum absolute atomic E-state index is 0.178. The van der Waals surface area contributed by atoms with Gasteiger partial charge in [-0.2, -0.15) is 0 Å². The van der Waals surface area contributed by atoms with E-state index in [9.17, 15) is 0 Å². The summed E-state index contributed by atoms with van der Waals surface area (Å²) in [6, 6.07) is 8.71. The van der Waals surface area contributed by atoms with Gasteiger partial charge in [0.1, 0.15) is 0 Å². The van der Waals surface area contributed by atoms with Crippen LogP contribution in [-0.2, 0) is 10.3 Å². The van der Waals surface area contributed by atoms with Crippen molar-refractivity contribution in [2.45, 2.75) is 45.1 Å². The molecule has 0 spiro atoms. The number of anilines is 1. The maximum Gasteiger partial charge on any atom is 0.0821 e. The topological polar surface area (TPSA) is 38.5 Å². The molecule has 1 aromatic carbocycles. The normalized spacial score (nSPS) is 18.1. The predicted molar refractivity (Wildman–Crippen MR) is 75.6 cm³/mol. The first-order valence-corrected chi connectivity index (χ1v) is 6.72. The van der Waals surface area contributed by atoms with E-state index in [-0.39, 0.29) is 11.5 Å². The van der Waals surface area contributed by atoms with E-state index in [2.05, 4.69) is 49.9 Å². The average molecular weight is 248 g/mol. The summed E-state index contributed by atoms with van der Waals surface area (Å²) in [5.74, 6) is 5.27. The highest BCUT2D eigenvalue weighted by Crippen LogP contribution is 2.33. The van der Waals surface area contributed by atoms with Gasteiger partial charge in [-0.3, -0.25) is 0 Å². The summed E-state index contributed by atoms with van der Waals surface area (Å²) in [6.07, 6.45) is 2.24. The fourth-order valence-electron chi connectivity index (χ4n) is 2.62. The van der Waals surface area contributed by atoms with Gasteiger partial charge in [-0.1, -0.05) is 39.0 Å². The minimum Gasteiger partial charge on any atom is -0.371 e. The summed E-state index contributed by atoms with van der Waals surface area (Å²) in [4.78, 5) is 7.40. The molecule has 0 atom stereocenters. The number of hydrogen-bond acceptors (Lipinski definition) is 3.